The standard InChI is InChI=1S/C20H22N2O2/c1-7-20(8-2-10-22(9-1)13-20)16-4-5-17(21-12-16)15-3-6-18-19(11-15)24-14-23-18/h3-6,11-12H,1-2,7-10,13-14H2. The molecule has 3 aliphatic heterocycles. The first-order chi connectivity index (χ1) is 11.8. The van der Waals surface area contributed by atoms with Crippen molar-refractivity contribution < 1.29 is 9.47 Å². The summed E-state index contributed by atoms with van der Waals surface area (Å²) in [6, 6.07) is 10.5. The summed E-state index contributed by atoms with van der Waals surface area (Å²) in [6.07, 6.45) is 7.33. The number of rotatable bonds is 2. The number of ether oxygens (including phenoxy) is 2. The molecule has 4 nitrogen and oxygen atoms in total. The predicted molar refractivity (Wildman–Crippen MR) is 92.4 cm³/mol. The molecule has 124 valence electrons. The predicted octanol–water partition coefficient (Wildman–Crippen LogP) is 3.60. The molecule has 24 heavy (non-hydrogen) atoms. The highest BCUT2D eigenvalue weighted by Gasteiger charge is 2.39. The van der Waals surface area contributed by atoms with Crippen LogP contribution in [0.15, 0.2) is 36.5 Å². The molecule has 2 bridgehead atoms. The van der Waals surface area contributed by atoms with Gasteiger partial charge in [-0.2, -0.15) is 0 Å². The van der Waals surface area contributed by atoms with Gasteiger partial charge in [0.05, 0.1) is 5.69 Å². The molecule has 0 atom stereocenters. The van der Waals surface area contributed by atoms with Crippen molar-refractivity contribution in [3.63, 3.8) is 0 Å². The number of pyridine rings is 1. The van der Waals surface area contributed by atoms with Gasteiger partial charge in [0.1, 0.15) is 0 Å². The minimum Gasteiger partial charge on any atom is -0.454 e. The van der Waals surface area contributed by atoms with Crippen LogP contribution in [0.4, 0.5) is 0 Å². The number of aromatic nitrogens is 1. The molecule has 0 aliphatic carbocycles. The van der Waals surface area contributed by atoms with Crippen molar-refractivity contribution in [1.82, 2.24) is 9.88 Å². The lowest BCUT2D eigenvalue weighted by atomic mass is 9.69. The molecule has 0 spiro atoms. The molecule has 5 rings (SSSR count). The molecule has 2 fully saturated rings. The number of nitrogens with zero attached hydrogens (tertiary/aromatic N) is 2. The molecule has 0 amide bonds. The van der Waals surface area contributed by atoms with E-state index >= 15 is 0 Å². The summed E-state index contributed by atoms with van der Waals surface area (Å²) in [5, 5.41) is 0. The Kier molecular flexibility index (Phi) is 3.27. The highest BCUT2D eigenvalue weighted by atomic mass is 16.7. The second kappa shape index (κ2) is 5.49. The summed E-state index contributed by atoms with van der Waals surface area (Å²) in [4.78, 5) is 7.40. The Balaban J connectivity index is 1.45. The summed E-state index contributed by atoms with van der Waals surface area (Å²) in [7, 11) is 0. The van der Waals surface area contributed by atoms with E-state index in [0.29, 0.717) is 12.2 Å². The molecule has 4 heterocycles. The van der Waals surface area contributed by atoms with Crippen LogP contribution in [-0.4, -0.2) is 36.3 Å². The molecule has 2 saturated heterocycles. The fraction of sp³-hybridized carbons (Fsp3) is 0.450. The van der Waals surface area contributed by atoms with Crippen molar-refractivity contribution in [3.8, 4) is 22.8 Å². The molecule has 3 aliphatic rings. The fourth-order valence-electron chi connectivity index (χ4n) is 4.58. The van der Waals surface area contributed by atoms with E-state index in [1.54, 1.807) is 0 Å². The van der Waals surface area contributed by atoms with Crippen molar-refractivity contribution in [1.29, 1.82) is 0 Å². The molecule has 0 N–H and O–H groups in total. The molecule has 1 aromatic heterocycles. The smallest absolute Gasteiger partial charge is 0.231 e. The maximum Gasteiger partial charge on any atom is 0.231 e. The van der Waals surface area contributed by atoms with E-state index in [2.05, 4.69) is 29.3 Å². The number of hydrogen-bond donors (Lipinski definition) is 0. The van der Waals surface area contributed by atoms with Crippen LogP contribution in [0, 0.1) is 0 Å². The zero-order valence-corrected chi connectivity index (χ0v) is 13.8. The molecule has 0 saturated carbocycles. The molecular weight excluding hydrogens is 300 g/mol. The van der Waals surface area contributed by atoms with Crippen molar-refractivity contribution in [3.05, 3.63) is 42.1 Å². The first-order valence-electron chi connectivity index (χ1n) is 8.91. The van der Waals surface area contributed by atoms with E-state index in [1.165, 1.54) is 50.9 Å². The highest BCUT2D eigenvalue weighted by Crippen LogP contribution is 2.41. The Labute approximate surface area is 142 Å². The van der Waals surface area contributed by atoms with Crippen molar-refractivity contribution in [2.24, 2.45) is 0 Å². The second-order valence-electron chi connectivity index (χ2n) is 7.26. The number of hydrogen-bond acceptors (Lipinski definition) is 4. The number of benzene rings is 1. The van der Waals surface area contributed by atoms with Crippen LogP contribution in [-0.2, 0) is 5.41 Å². The Morgan fingerprint density at radius 2 is 1.79 bits per heavy atom. The van der Waals surface area contributed by atoms with E-state index in [1.807, 2.05) is 12.1 Å². The normalized spacial score (nSPS) is 27.9. The quantitative estimate of drug-likeness (QED) is 0.846. The minimum absolute atomic E-state index is 0.310. The van der Waals surface area contributed by atoms with Crippen LogP contribution < -0.4 is 9.47 Å². The summed E-state index contributed by atoms with van der Waals surface area (Å²) in [6.45, 7) is 4.05. The lowest BCUT2D eigenvalue weighted by molar-refractivity contribution is 0.0941. The van der Waals surface area contributed by atoms with Gasteiger partial charge in [0.15, 0.2) is 11.5 Å². The third kappa shape index (κ3) is 2.28. The van der Waals surface area contributed by atoms with Gasteiger partial charge >= 0.3 is 0 Å². The van der Waals surface area contributed by atoms with Crippen molar-refractivity contribution in [2.45, 2.75) is 31.1 Å². The first-order valence-corrected chi connectivity index (χ1v) is 8.91. The van der Waals surface area contributed by atoms with Crippen LogP contribution in [0.5, 0.6) is 11.5 Å². The van der Waals surface area contributed by atoms with Gasteiger partial charge in [-0.25, -0.2) is 0 Å². The highest BCUT2D eigenvalue weighted by molar-refractivity contribution is 5.64. The van der Waals surface area contributed by atoms with Crippen LogP contribution in [0.25, 0.3) is 11.3 Å². The van der Waals surface area contributed by atoms with E-state index in [-0.39, 0.29) is 0 Å². The molecule has 0 unspecified atom stereocenters. The summed E-state index contributed by atoms with van der Waals surface area (Å²) in [5.74, 6) is 1.63. The Bertz CT molecular complexity index is 747. The average molecular weight is 322 g/mol. The van der Waals surface area contributed by atoms with E-state index in [0.717, 1.165) is 22.8 Å². The fourth-order valence-corrected chi connectivity index (χ4v) is 4.58. The van der Waals surface area contributed by atoms with Gasteiger partial charge in [-0.05, 0) is 68.6 Å². The van der Waals surface area contributed by atoms with Crippen LogP contribution in [0.2, 0.25) is 0 Å². The SMILES string of the molecule is c1cc2c(cc1-c1ccc(C34CCCN(CCC3)C4)cn1)OCO2. The minimum atomic E-state index is 0.310. The third-order valence-electron chi connectivity index (χ3n) is 5.83. The molecule has 0 radical (unpaired) electrons. The van der Waals surface area contributed by atoms with E-state index in [4.69, 9.17) is 14.5 Å². The maximum atomic E-state index is 5.48. The second-order valence-corrected chi connectivity index (χ2v) is 7.26. The van der Waals surface area contributed by atoms with E-state index in [9.17, 15) is 0 Å². The van der Waals surface area contributed by atoms with Crippen molar-refractivity contribution in [2.75, 3.05) is 26.4 Å². The zero-order valence-electron chi connectivity index (χ0n) is 13.8. The largest absolute Gasteiger partial charge is 0.454 e. The average Bonchev–Trinajstić information content (AvgIpc) is 3.10. The summed E-state index contributed by atoms with van der Waals surface area (Å²) in [5.41, 5.74) is 3.82. The van der Waals surface area contributed by atoms with Gasteiger partial charge < -0.3 is 14.4 Å². The number of fused-ring (bicyclic) bond motifs is 3. The van der Waals surface area contributed by atoms with Crippen LogP contribution in [0.3, 0.4) is 0 Å². The Morgan fingerprint density at radius 3 is 2.58 bits per heavy atom. The molecule has 1 aromatic carbocycles. The molecule has 4 heteroatoms. The van der Waals surface area contributed by atoms with Gasteiger partial charge in [-0.1, -0.05) is 6.07 Å². The molecular formula is C20H22N2O2. The van der Waals surface area contributed by atoms with Crippen LogP contribution >= 0.6 is 0 Å². The number of piperidine rings is 2. The Hall–Kier alpha value is -2.07. The van der Waals surface area contributed by atoms with Gasteiger partial charge in [-0.15, -0.1) is 0 Å². The van der Waals surface area contributed by atoms with Crippen molar-refractivity contribution >= 4 is 0 Å². The van der Waals surface area contributed by atoms with Gasteiger partial charge in [0, 0.05) is 23.7 Å². The Morgan fingerprint density at radius 1 is 0.958 bits per heavy atom. The zero-order chi connectivity index (χ0) is 16.0. The maximum absolute atomic E-state index is 5.48. The summed E-state index contributed by atoms with van der Waals surface area (Å²) >= 11 is 0. The van der Waals surface area contributed by atoms with Crippen LogP contribution in [0.1, 0.15) is 31.2 Å². The topological polar surface area (TPSA) is 34.6 Å². The summed E-state index contributed by atoms with van der Waals surface area (Å²) < 4.78 is 10.9. The lowest BCUT2D eigenvalue weighted by Gasteiger charge is -2.47. The first kappa shape index (κ1) is 14.3. The van der Waals surface area contributed by atoms with Gasteiger partial charge in [0.2, 0.25) is 6.79 Å². The van der Waals surface area contributed by atoms with Gasteiger partial charge in [-0.3, -0.25) is 4.98 Å². The third-order valence-corrected chi connectivity index (χ3v) is 5.83. The monoisotopic (exact) mass is 322 g/mol. The van der Waals surface area contributed by atoms with E-state index < -0.39 is 0 Å². The molecule has 2 aromatic rings. The lowest BCUT2D eigenvalue weighted by Crippen LogP contribution is -2.50. The van der Waals surface area contributed by atoms with Gasteiger partial charge in [0.25, 0.3) is 0 Å².